The normalized spacial score (nSPS) is 9.89. The van der Waals surface area contributed by atoms with Crippen molar-refractivity contribution in [1.82, 2.24) is 10.3 Å². The first-order chi connectivity index (χ1) is 8.54. The average Bonchev–Trinajstić information content (AvgIpc) is 2.31. The fourth-order valence-electron chi connectivity index (χ4n) is 1.29. The number of hydrogen-bond donors (Lipinski definition) is 3. The van der Waals surface area contributed by atoms with Gasteiger partial charge in [0.1, 0.15) is 5.82 Å². The molecule has 0 atom stereocenters. The third-order valence-corrected chi connectivity index (χ3v) is 2.42. The molecule has 1 aromatic heterocycles. The van der Waals surface area contributed by atoms with Gasteiger partial charge in [-0.25, -0.2) is 9.78 Å². The summed E-state index contributed by atoms with van der Waals surface area (Å²) in [5.41, 5.74) is -0.0211. The number of hydrogen-bond acceptors (Lipinski definition) is 4. The molecule has 0 aliphatic heterocycles. The van der Waals surface area contributed by atoms with Gasteiger partial charge in [0, 0.05) is 25.7 Å². The monoisotopic (exact) mass is 271 g/mol. The summed E-state index contributed by atoms with van der Waals surface area (Å²) in [6, 6.07) is 1.34. The minimum Gasteiger partial charge on any atom is -0.478 e. The molecule has 6 nitrogen and oxygen atoms in total. The van der Waals surface area contributed by atoms with Gasteiger partial charge in [-0.3, -0.25) is 4.79 Å². The van der Waals surface area contributed by atoms with Crippen LogP contribution in [0.3, 0.4) is 0 Å². The molecule has 7 heteroatoms. The maximum atomic E-state index is 11.2. The third kappa shape index (κ3) is 4.21. The van der Waals surface area contributed by atoms with E-state index in [1.54, 1.807) is 0 Å². The Balaban J connectivity index is 2.55. The van der Waals surface area contributed by atoms with E-state index < -0.39 is 5.97 Å². The molecule has 0 saturated carbocycles. The number of anilines is 1. The van der Waals surface area contributed by atoms with Crippen molar-refractivity contribution < 1.29 is 14.7 Å². The summed E-state index contributed by atoms with van der Waals surface area (Å²) >= 11 is 5.68. The Kier molecular flexibility index (Phi) is 5.38. The molecule has 0 bridgehead atoms. The molecule has 0 spiro atoms. The van der Waals surface area contributed by atoms with E-state index in [0.717, 1.165) is 0 Å². The molecule has 0 radical (unpaired) electrons. The van der Waals surface area contributed by atoms with Crippen LogP contribution in [0, 0.1) is 0 Å². The Labute approximate surface area is 109 Å². The maximum absolute atomic E-state index is 11.2. The lowest BCUT2D eigenvalue weighted by molar-refractivity contribution is -0.120. The van der Waals surface area contributed by atoms with Crippen LogP contribution in [-0.4, -0.2) is 35.1 Å². The van der Waals surface area contributed by atoms with Gasteiger partial charge in [-0.1, -0.05) is 11.6 Å². The van der Waals surface area contributed by atoms with E-state index >= 15 is 0 Å². The molecule has 0 saturated heterocycles. The zero-order chi connectivity index (χ0) is 13.5. The predicted molar refractivity (Wildman–Crippen MR) is 68.0 cm³/mol. The lowest BCUT2D eigenvalue weighted by atomic mass is 10.2. The zero-order valence-electron chi connectivity index (χ0n) is 9.86. The zero-order valence-corrected chi connectivity index (χ0v) is 10.6. The molecule has 0 aliphatic carbocycles. The van der Waals surface area contributed by atoms with E-state index in [1.807, 2.05) is 6.92 Å². The van der Waals surface area contributed by atoms with Crippen molar-refractivity contribution >= 4 is 29.3 Å². The molecule has 1 aromatic rings. The second kappa shape index (κ2) is 6.80. The fraction of sp³-hybridized carbons (Fsp3) is 0.364. The maximum Gasteiger partial charge on any atom is 0.337 e. The van der Waals surface area contributed by atoms with Crippen LogP contribution in [0.1, 0.15) is 23.7 Å². The number of amides is 1. The summed E-state index contributed by atoms with van der Waals surface area (Å²) in [5, 5.41) is 14.5. The average molecular weight is 272 g/mol. The van der Waals surface area contributed by atoms with Gasteiger partial charge in [0.15, 0.2) is 0 Å². The van der Waals surface area contributed by atoms with Crippen molar-refractivity contribution in [2.45, 2.75) is 13.3 Å². The Morgan fingerprint density at radius 3 is 2.83 bits per heavy atom. The predicted octanol–water partition coefficient (Wildman–Crippen LogP) is 1.37. The number of carboxylic acids is 1. The third-order valence-electron chi connectivity index (χ3n) is 2.12. The van der Waals surface area contributed by atoms with Gasteiger partial charge in [-0.2, -0.15) is 0 Å². The summed E-state index contributed by atoms with van der Waals surface area (Å²) < 4.78 is 0. The summed E-state index contributed by atoms with van der Waals surface area (Å²) in [5.74, 6) is -0.812. The number of nitrogens with one attached hydrogen (secondary N) is 2. The van der Waals surface area contributed by atoms with E-state index in [2.05, 4.69) is 15.6 Å². The molecule has 18 heavy (non-hydrogen) atoms. The van der Waals surface area contributed by atoms with Gasteiger partial charge < -0.3 is 15.7 Å². The molecule has 98 valence electrons. The lowest BCUT2D eigenvalue weighted by Crippen LogP contribution is -2.24. The summed E-state index contributed by atoms with van der Waals surface area (Å²) in [7, 11) is 0. The Hall–Kier alpha value is -1.82. The van der Waals surface area contributed by atoms with Crippen molar-refractivity contribution in [3.8, 4) is 0 Å². The molecule has 0 fully saturated rings. The van der Waals surface area contributed by atoms with Gasteiger partial charge in [0.05, 0.1) is 10.6 Å². The van der Waals surface area contributed by atoms with Crippen molar-refractivity contribution in [1.29, 1.82) is 0 Å². The summed E-state index contributed by atoms with van der Waals surface area (Å²) in [6.45, 7) is 2.80. The molecule has 1 amide bonds. The summed E-state index contributed by atoms with van der Waals surface area (Å²) in [6.07, 6.45) is 1.56. The molecule has 0 aliphatic rings. The van der Waals surface area contributed by atoms with Gasteiger partial charge >= 0.3 is 5.97 Å². The SMILES string of the molecule is CCNC(=O)CCNc1cc(C(=O)O)c(Cl)cn1. The van der Waals surface area contributed by atoms with Crippen molar-refractivity contribution in [2.75, 3.05) is 18.4 Å². The Bertz CT molecular complexity index is 451. The van der Waals surface area contributed by atoms with E-state index in [-0.39, 0.29) is 16.5 Å². The molecule has 3 N–H and O–H groups in total. The fourth-order valence-corrected chi connectivity index (χ4v) is 1.47. The number of rotatable bonds is 6. The Morgan fingerprint density at radius 1 is 1.50 bits per heavy atom. The van der Waals surface area contributed by atoms with E-state index in [1.165, 1.54) is 12.3 Å². The number of carboxylic acid groups (broad SMARTS) is 1. The highest BCUT2D eigenvalue weighted by atomic mass is 35.5. The number of pyridine rings is 1. The number of nitrogens with zero attached hydrogens (tertiary/aromatic N) is 1. The van der Waals surface area contributed by atoms with E-state index in [9.17, 15) is 9.59 Å². The first-order valence-corrected chi connectivity index (χ1v) is 5.81. The number of carbonyl (C=O) groups excluding carboxylic acids is 1. The number of aromatic nitrogens is 1. The second-order valence-corrected chi connectivity index (χ2v) is 3.89. The van der Waals surface area contributed by atoms with Crippen LogP contribution in [0.15, 0.2) is 12.3 Å². The number of aromatic carboxylic acids is 1. The van der Waals surface area contributed by atoms with Crippen LogP contribution < -0.4 is 10.6 Å². The van der Waals surface area contributed by atoms with E-state index in [4.69, 9.17) is 16.7 Å². The quantitative estimate of drug-likeness (QED) is 0.727. The van der Waals surface area contributed by atoms with Crippen LogP contribution in [0.4, 0.5) is 5.82 Å². The molecule has 1 heterocycles. The highest BCUT2D eigenvalue weighted by Crippen LogP contribution is 2.17. The van der Waals surface area contributed by atoms with Gasteiger partial charge in [0.2, 0.25) is 5.91 Å². The van der Waals surface area contributed by atoms with Crippen molar-refractivity contribution in [3.63, 3.8) is 0 Å². The first-order valence-electron chi connectivity index (χ1n) is 5.44. The standard InChI is InChI=1S/C11H14ClN3O3/c1-2-13-10(16)3-4-14-9-5-7(11(17)18)8(12)6-15-9/h5-6H,2-4H2,1H3,(H,13,16)(H,14,15)(H,17,18). The second-order valence-electron chi connectivity index (χ2n) is 3.48. The topological polar surface area (TPSA) is 91.3 Å². The van der Waals surface area contributed by atoms with Crippen molar-refractivity contribution in [2.24, 2.45) is 0 Å². The minimum absolute atomic E-state index is 0.0211. The molecular weight excluding hydrogens is 258 g/mol. The molecule has 1 rings (SSSR count). The van der Waals surface area contributed by atoms with Crippen molar-refractivity contribution in [3.05, 3.63) is 22.8 Å². The highest BCUT2D eigenvalue weighted by Gasteiger charge is 2.10. The number of carbonyl (C=O) groups is 2. The molecular formula is C11H14ClN3O3. The molecule has 0 aromatic carbocycles. The van der Waals surface area contributed by atoms with E-state index in [0.29, 0.717) is 25.3 Å². The van der Waals surface area contributed by atoms with Crippen LogP contribution in [0.5, 0.6) is 0 Å². The summed E-state index contributed by atoms with van der Waals surface area (Å²) in [4.78, 5) is 25.9. The minimum atomic E-state index is -1.12. The van der Waals surface area contributed by atoms with Gasteiger partial charge in [0.25, 0.3) is 0 Å². The molecule has 0 unspecified atom stereocenters. The van der Waals surface area contributed by atoms with Crippen LogP contribution in [-0.2, 0) is 4.79 Å². The Morgan fingerprint density at radius 2 is 2.22 bits per heavy atom. The van der Waals surface area contributed by atoms with Crippen LogP contribution in [0.2, 0.25) is 5.02 Å². The van der Waals surface area contributed by atoms with Crippen LogP contribution in [0.25, 0.3) is 0 Å². The van der Waals surface area contributed by atoms with Gasteiger partial charge in [-0.15, -0.1) is 0 Å². The number of halogens is 1. The largest absolute Gasteiger partial charge is 0.478 e. The van der Waals surface area contributed by atoms with Gasteiger partial charge in [-0.05, 0) is 13.0 Å². The lowest BCUT2D eigenvalue weighted by Gasteiger charge is -2.07. The van der Waals surface area contributed by atoms with Crippen LogP contribution >= 0.6 is 11.6 Å². The smallest absolute Gasteiger partial charge is 0.337 e. The highest BCUT2D eigenvalue weighted by molar-refractivity contribution is 6.33. The first kappa shape index (κ1) is 14.2.